The van der Waals surface area contributed by atoms with Crippen molar-refractivity contribution in [3.05, 3.63) is 0 Å². The molecule has 0 aromatic rings. The van der Waals surface area contributed by atoms with Gasteiger partial charge in [0.1, 0.15) is 0 Å². The highest BCUT2D eigenvalue weighted by Gasteiger charge is 2.34. The zero-order valence-electron chi connectivity index (χ0n) is 9.47. The molecule has 1 atom stereocenters. The average Bonchev–Trinajstić information content (AvgIpc) is 2.97. The maximum Gasteiger partial charge on any atom is 0.225 e. The van der Waals surface area contributed by atoms with Crippen molar-refractivity contribution in [2.75, 3.05) is 6.54 Å². The van der Waals surface area contributed by atoms with Crippen LogP contribution in [0.1, 0.15) is 40.0 Å². The molecule has 1 saturated carbocycles. The fourth-order valence-electron chi connectivity index (χ4n) is 1.39. The monoisotopic (exact) mass is 198 g/mol. The van der Waals surface area contributed by atoms with E-state index in [1.165, 1.54) is 12.8 Å². The largest absolute Gasteiger partial charge is 0.351 e. The second kappa shape index (κ2) is 4.30. The van der Waals surface area contributed by atoms with Gasteiger partial charge >= 0.3 is 0 Å². The first-order valence-electron chi connectivity index (χ1n) is 5.52. The van der Waals surface area contributed by atoms with Gasteiger partial charge in [0.25, 0.3) is 0 Å². The molecule has 1 unspecified atom stereocenters. The summed E-state index contributed by atoms with van der Waals surface area (Å²) in [5.74, 6) is 0.777. The van der Waals surface area contributed by atoms with Crippen molar-refractivity contribution >= 4 is 5.91 Å². The minimum absolute atomic E-state index is 0.141. The van der Waals surface area contributed by atoms with Crippen LogP contribution in [0.15, 0.2) is 0 Å². The van der Waals surface area contributed by atoms with Gasteiger partial charge in [0.05, 0.1) is 0 Å². The summed E-state index contributed by atoms with van der Waals surface area (Å²) in [5.41, 5.74) is 5.37. The molecule has 3 heteroatoms. The van der Waals surface area contributed by atoms with Gasteiger partial charge in [-0.2, -0.15) is 0 Å². The Morgan fingerprint density at radius 2 is 2.14 bits per heavy atom. The third-order valence-corrected chi connectivity index (χ3v) is 3.26. The van der Waals surface area contributed by atoms with Crippen LogP contribution < -0.4 is 11.1 Å². The lowest BCUT2D eigenvalue weighted by Gasteiger charge is -2.25. The van der Waals surface area contributed by atoms with Gasteiger partial charge in [0.2, 0.25) is 5.91 Å². The van der Waals surface area contributed by atoms with Crippen LogP contribution in [0.2, 0.25) is 0 Å². The molecular weight excluding hydrogens is 176 g/mol. The van der Waals surface area contributed by atoms with Gasteiger partial charge in [-0.3, -0.25) is 4.79 Å². The quantitative estimate of drug-likeness (QED) is 0.699. The van der Waals surface area contributed by atoms with E-state index >= 15 is 0 Å². The summed E-state index contributed by atoms with van der Waals surface area (Å²) in [7, 11) is 0. The summed E-state index contributed by atoms with van der Waals surface area (Å²) in [6.45, 7) is 6.55. The lowest BCUT2D eigenvalue weighted by molar-refractivity contribution is -0.130. The van der Waals surface area contributed by atoms with Gasteiger partial charge in [-0.25, -0.2) is 0 Å². The topological polar surface area (TPSA) is 55.1 Å². The molecule has 0 aliphatic heterocycles. The molecular formula is C11H22N2O. The first-order chi connectivity index (χ1) is 6.51. The fraction of sp³-hybridized carbons (Fsp3) is 0.909. The van der Waals surface area contributed by atoms with E-state index in [-0.39, 0.29) is 17.4 Å². The number of carbonyl (C=O) groups excluding carboxylic acids is 1. The van der Waals surface area contributed by atoms with Crippen molar-refractivity contribution in [2.45, 2.75) is 46.1 Å². The van der Waals surface area contributed by atoms with Crippen molar-refractivity contribution < 1.29 is 4.79 Å². The Bertz CT molecular complexity index is 209. The van der Waals surface area contributed by atoms with Gasteiger partial charge < -0.3 is 11.1 Å². The molecule has 14 heavy (non-hydrogen) atoms. The third-order valence-electron chi connectivity index (χ3n) is 3.26. The number of carbonyl (C=O) groups is 1. The molecule has 1 aliphatic rings. The number of nitrogens with two attached hydrogens (primary N) is 1. The first kappa shape index (κ1) is 11.5. The highest BCUT2D eigenvalue weighted by atomic mass is 16.2. The smallest absolute Gasteiger partial charge is 0.225 e. The third kappa shape index (κ3) is 2.71. The maximum absolute atomic E-state index is 11.8. The molecule has 3 N–H and O–H groups in total. The first-order valence-corrected chi connectivity index (χ1v) is 5.52. The summed E-state index contributed by atoms with van der Waals surface area (Å²) >= 11 is 0. The summed E-state index contributed by atoms with van der Waals surface area (Å²) in [4.78, 5) is 11.8. The van der Waals surface area contributed by atoms with Crippen LogP contribution >= 0.6 is 0 Å². The number of hydrogen-bond donors (Lipinski definition) is 2. The molecule has 1 aliphatic carbocycles. The van der Waals surface area contributed by atoms with Gasteiger partial charge in [-0.1, -0.05) is 20.8 Å². The highest BCUT2D eigenvalue weighted by Crippen LogP contribution is 2.32. The average molecular weight is 198 g/mol. The van der Waals surface area contributed by atoms with E-state index < -0.39 is 0 Å². The van der Waals surface area contributed by atoms with Crippen LogP contribution in [-0.4, -0.2) is 18.5 Å². The summed E-state index contributed by atoms with van der Waals surface area (Å²) in [6, 6.07) is 0.202. The lowest BCUT2D eigenvalue weighted by Crippen LogP contribution is -2.47. The van der Waals surface area contributed by atoms with E-state index in [0.717, 1.165) is 6.42 Å². The standard InChI is InChI=1S/C11H22N2O/c1-4-11(2,3)10(14)13-9(7-12)8-5-6-8/h8-9H,4-7,12H2,1-3H3,(H,13,14). The Morgan fingerprint density at radius 1 is 1.57 bits per heavy atom. The maximum atomic E-state index is 11.8. The van der Waals surface area contributed by atoms with E-state index in [0.29, 0.717) is 12.5 Å². The summed E-state index contributed by atoms with van der Waals surface area (Å²) < 4.78 is 0. The van der Waals surface area contributed by atoms with Gasteiger partial charge in [-0.05, 0) is 25.2 Å². The van der Waals surface area contributed by atoms with E-state index in [1.807, 2.05) is 20.8 Å². The molecule has 0 aromatic carbocycles. The van der Waals surface area contributed by atoms with Crippen molar-refractivity contribution in [1.82, 2.24) is 5.32 Å². The zero-order chi connectivity index (χ0) is 10.8. The fourth-order valence-corrected chi connectivity index (χ4v) is 1.39. The van der Waals surface area contributed by atoms with Gasteiger partial charge in [0.15, 0.2) is 0 Å². The van der Waals surface area contributed by atoms with Gasteiger partial charge in [0, 0.05) is 18.0 Å². The molecule has 0 saturated heterocycles. The number of amides is 1. The van der Waals surface area contributed by atoms with Crippen LogP contribution in [0.5, 0.6) is 0 Å². The van der Waals surface area contributed by atoms with Crippen molar-refractivity contribution in [1.29, 1.82) is 0 Å². The van der Waals surface area contributed by atoms with Crippen LogP contribution in [-0.2, 0) is 4.79 Å². The highest BCUT2D eigenvalue weighted by molar-refractivity contribution is 5.82. The molecule has 1 rings (SSSR count). The molecule has 82 valence electrons. The Hall–Kier alpha value is -0.570. The molecule has 0 heterocycles. The number of nitrogens with one attached hydrogen (secondary N) is 1. The van der Waals surface area contributed by atoms with Crippen LogP contribution in [0.25, 0.3) is 0 Å². The molecule has 1 fully saturated rings. The van der Waals surface area contributed by atoms with E-state index in [1.54, 1.807) is 0 Å². The minimum atomic E-state index is -0.262. The van der Waals surface area contributed by atoms with Crippen molar-refractivity contribution in [2.24, 2.45) is 17.1 Å². The Morgan fingerprint density at radius 3 is 2.50 bits per heavy atom. The van der Waals surface area contributed by atoms with Crippen molar-refractivity contribution in [3.8, 4) is 0 Å². The summed E-state index contributed by atoms with van der Waals surface area (Å²) in [5, 5.41) is 3.06. The second-order valence-electron chi connectivity index (χ2n) is 4.89. The van der Waals surface area contributed by atoms with Crippen LogP contribution in [0.4, 0.5) is 0 Å². The number of rotatable bonds is 5. The summed E-state index contributed by atoms with van der Waals surface area (Å²) in [6.07, 6.45) is 3.30. The van der Waals surface area contributed by atoms with E-state index in [2.05, 4.69) is 5.32 Å². The Kier molecular flexibility index (Phi) is 3.53. The zero-order valence-corrected chi connectivity index (χ0v) is 9.47. The molecule has 0 aromatic heterocycles. The normalized spacial score (nSPS) is 19.1. The second-order valence-corrected chi connectivity index (χ2v) is 4.89. The molecule has 1 amide bonds. The predicted molar refractivity (Wildman–Crippen MR) is 57.8 cm³/mol. The van der Waals surface area contributed by atoms with Crippen LogP contribution in [0.3, 0.4) is 0 Å². The molecule has 0 spiro atoms. The van der Waals surface area contributed by atoms with Crippen LogP contribution in [0, 0.1) is 11.3 Å². The van der Waals surface area contributed by atoms with E-state index in [9.17, 15) is 4.79 Å². The van der Waals surface area contributed by atoms with E-state index in [4.69, 9.17) is 5.73 Å². The minimum Gasteiger partial charge on any atom is -0.351 e. The molecule has 0 bridgehead atoms. The number of hydrogen-bond acceptors (Lipinski definition) is 2. The molecule has 0 radical (unpaired) electrons. The van der Waals surface area contributed by atoms with Gasteiger partial charge in [-0.15, -0.1) is 0 Å². The Balaban J connectivity index is 2.45. The van der Waals surface area contributed by atoms with Crippen molar-refractivity contribution in [3.63, 3.8) is 0 Å². The molecule has 3 nitrogen and oxygen atoms in total. The Labute approximate surface area is 86.4 Å². The lowest BCUT2D eigenvalue weighted by atomic mass is 9.89. The predicted octanol–water partition coefficient (Wildman–Crippen LogP) is 1.28. The SMILES string of the molecule is CCC(C)(C)C(=O)NC(CN)C1CC1.